The third-order valence-electron chi connectivity index (χ3n) is 2.76. The Balaban J connectivity index is 2.16. The molecule has 1 aromatic heterocycles. The number of hydrogen-bond donors (Lipinski definition) is 0. The molecular weight excluding hydrogens is 299 g/mol. The minimum Gasteiger partial charge on any atom is -0.237 e. The highest BCUT2D eigenvalue weighted by Gasteiger charge is 2.09. The molecule has 0 aliphatic heterocycles. The van der Waals surface area contributed by atoms with E-state index in [1.165, 1.54) is 0 Å². The molecule has 0 bridgehead atoms. The highest BCUT2D eigenvalue weighted by molar-refractivity contribution is 7.98. The van der Waals surface area contributed by atoms with Crippen LogP contribution in [0.4, 0.5) is 0 Å². The molecule has 0 saturated carbocycles. The van der Waals surface area contributed by atoms with Crippen molar-refractivity contribution in [2.45, 2.75) is 30.9 Å². The molecule has 0 spiro atoms. The van der Waals surface area contributed by atoms with Gasteiger partial charge in [-0.25, -0.2) is 9.97 Å². The summed E-state index contributed by atoms with van der Waals surface area (Å²) in [5.41, 5.74) is 1.98. The maximum Gasteiger partial charge on any atom is 0.140 e. The SMILES string of the molecule is CCc1nc(CSc2ccccc2Cl)nc(Cl)c1C. The number of thioether (sulfide) groups is 1. The first-order valence-corrected chi connectivity index (χ1v) is 7.75. The van der Waals surface area contributed by atoms with Crippen LogP contribution in [0.1, 0.15) is 24.0 Å². The minimum atomic E-state index is 0.543. The number of benzene rings is 1. The zero-order valence-electron chi connectivity index (χ0n) is 10.8. The van der Waals surface area contributed by atoms with Crippen molar-refractivity contribution in [3.63, 3.8) is 0 Å². The van der Waals surface area contributed by atoms with Gasteiger partial charge in [-0.05, 0) is 25.5 Å². The van der Waals surface area contributed by atoms with Crippen molar-refractivity contribution in [3.8, 4) is 0 Å². The van der Waals surface area contributed by atoms with Gasteiger partial charge in [0.15, 0.2) is 0 Å². The highest BCUT2D eigenvalue weighted by Crippen LogP contribution is 2.29. The van der Waals surface area contributed by atoms with E-state index >= 15 is 0 Å². The first kappa shape index (κ1) is 14.6. The standard InChI is InChI=1S/C14H14Cl2N2S/c1-3-11-9(2)14(16)18-13(17-11)8-19-12-7-5-4-6-10(12)15/h4-7H,3,8H2,1-2H3. The molecule has 0 N–H and O–H groups in total. The fourth-order valence-electron chi connectivity index (χ4n) is 1.69. The van der Waals surface area contributed by atoms with Gasteiger partial charge < -0.3 is 0 Å². The van der Waals surface area contributed by atoms with Gasteiger partial charge in [0, 0.05) is 16.2 Å². The van der Waals surface area contributed by atoms with Crippen LogP contribution >= 0.6 is 35.0 Å². The molecule has 2 aromatic rings. The summed E-state index contributed by atoms with van der Waals surface area (Å²) >= 11 is 13.9. The Hall–Kier alpha value is -0.770. The van der Waals surface area contributed by atoms with E-state index in [1.807, 2.05) is 31.2 Å². The Kier molecular flexibility index (Phi) is 5.08. The molecule has 2 nitrogen and oxygen atoms in total. The molecule has 0 saturated heterocycles. The summed E-state index contributed by atoms with van der Waals surface area (Å²) < 4.78 is 0. The van der Waals surface area contributed by atoms with Crippen LogP contribution in [0.25, 0.3) is 0 Å². The number of aromatic nitrogens is 2. The van der Waals surface area contributed by atoms with Crippen molar-refractivity contribution in [1.29, 1.82) is 0 Å². The van der Waals surface area contributed by atoms with Crippen molar-refractivity contribution >= 4 is 35.0 Å². The number of halogens is 2. The summed E-state index contributed by atoms with van der Waals surface area (Å²) in [5.74, 6) is 1.41. The van der Waals surface area contributed by atoms with Gasteiger partial charge in [0.2, 0.25) is 0 Å². The second kappa shape index (κ2) is 6.60. The molecule has 0 aliphatic carbocycles. The first-order chi connectivity index (χ1) is 9.11. The molecule has 0 fully saturated rings. The van der Waals surface area contributed by atoms with E-state index in [4.69, 9.17) is 23.2 Å². The van der Waals surface area contributed by atoms with E-state index in [2.05, 4.69) is 16.9 Å². The van der Waals surface area contributed by atoms with Crippen LogP contribution in [0.15, 0.2) is 29.2 Å². The van der Waals surface area contributed by atoms with Gasteiger partial charge in [-0.3, -0.25) is 0 Å². The summed E-state index contributed by atoms with van der Waals surface area (Å²) in [6.45, 7) is 4.02. The molecule has 100 valence electrons. The van der Waals surface area contributed by atoms with Crippen LogP contribution in [-0.4, -0.2) is 9.97 Å². The monoisotopic (exact) mass is 312 g/mol. The summed E-state index contributed by atoms with van der Waals surface area (Å²) in [6.07, 6.45) is 0.859. The molecular formula is C14H14Cl2N2S. The molecule has 0 atom stereocenters. The number of aryl methyl sites for hydroxylation is 1. The van der Waals surface area contributed by atoms with Crippen molar-refractivity contribution < 1.29 is 0 Å². The molecule has 0 amide bonds. The molecule has 0 unspecified atom stereocenters. The van der Waals surface area contributed by atoms with Gasteiger partial charge in [0.1, 0.15) is 11.0 Å². The topological polar surface area (TPSA) is 25.8 Å². The van der Waals surface area contributed by atoms with E-state index in [-0.39, 0.29) is 0 Å². The quantitative estimate of drug-likeness (QED) is 0.590. The fourth-order valence-corrected chi connectivity index (χ4v) is 2.99. The molecule has 2 rings (SSSR count). The summed E-state index contributed by atoms with van der Waals surface area (Å²) in [4.78, 5) is 9.88. The minimum absolute atomic E-state index is 0.543. The Morgan fingerprint density at radius 3 is 2.58 bits per heavy atom. The third kappa shape index (κ3) is 3.62. The fraction of sp³-hybridized carbons (Fsp3) is 0.286. The zero-order valence-corrected chi connectivity index (χ0v) is 13.1. The predicted octanol–water partition coefficient (Wildman–Crippen LogP) is 4.95. The van der Waals surface area contributed by atoms with Gasteiger partial charge in [0.05, 0.1) is 10.8 Å². The Bertz CT molecular complexity index is 588. The van der Waals surface area contributed by atoms with Crippen LogP contribution in [0.2, 0.25) is 10.2 Å². The third-order valence-corrected chi connectivity index (χ3v) is 4.64. The Morgan fingerprint density at radius 1 is 1.16 bits per heavy atom. The van der Waals surface area contributed by atoms with Crippen molar-refractivity contribution in [1.82, 2.24) is 9.97 Å². The van der Waals surface area contributed by atoms with Gasteiger partial charge in [-0.15, -0.1) is 11.8 Å². The molecule has 19 heavy (non-hydrogen) atoms. The molecule has 0 radical (unpaired) electrons. The lowest BCUT2D eigenvalue weighted by Gasteiger charge is -2.08. The predicted molar refractivity (Wildman–Crippen MR) is 82.2 cm³/mol. The second-order valence-corrected chi connectivity index (χ2v) is 5.86. The number of nitrogens with zero attached hydrogens (tertiary/aromatic N) is 2. The number of hydrogen-bond acceptors (Lipinski definition) is 3. The van der Waals surface area contributed by atoms with Crippen molar-refractivity contribution in [2.24, 2.45) is 0 Å². The summed E-state index contributed by atoms with van der Waals surface area (Å²) in [7, 11) is 0. The van der Waals surface area contributed by atoms with Crippen LogP contribution in [0, 0.1) is 6.92 Å². The molecule has 1 heterocycles. The van der Waals surface area contributed by atoms with E-state index in [0.717, 1.165) is 33.4 Å². The average Bonchev–Trinajstić information content (AvgIpc) is 2.41. The van der Waals surface area contributed by atoms with Crippen molar-refractivity contribution in [2.75, 3.05) is 0 Å². The Morgan fingerprint density at radius 2 is 1.89 bits per heavy atom. The molecule has 5 heteroatoms. The summed E-state index contributed by atoms with van der Waals surface area (Å²) in [6, 6.07) is 7.75. The van der Waals surface area contributed by atoms with Crippen LogP contribution in [-0.2, 0) is 12.2 Å². The van der Waals surface area contributed by atoms with Gasteiger partial charge in [-0.1, -0.05) is 42.3 Å². The van der Waals surface area contributed by atoms with Crippen LogP contribution in [0.3, 0.4) is 0 Å². The Labute approximate surface area is 127 Å². The lowest BCUT2D eigenvalue weighted by Crippen LogP contribution is -2.01. The van der Waals surface area contributed by atoms with Gasteiger partial charge >= 0.3 is 0 Å². The normalized spacial score (nSPS) is 10.7. The van der Waals surface area contributed by atoms with E-state index in [1.54, 1.807) is 11.8 Å². The van der Waals surface area contributed by atoms with E-state index in [0.29, 0.717) is 10.9 Å². The number of rotatable bonds is 4. The highest BCUT2D eigenvalue weighted by atomic mass is 35.5. The van der Waals surface area contributed by atoms with Crippen LogP contribution < -0.4 is 0 Å². The lowest BCUT2D eigenvalue weighted by atomic mass is 10.2. The van der Waals surface area contributed by atoms with Crippen molar-refractivity contribution in [3.05, 3.63) is 51.5 Å². The largest absolute Gasteiger partial charge is 0.237 e. The average molecular weight is 313 g/mol. The summed E-state index contributed by atoms with van der Waals surface area (Å²) in [5, 5.41) is 1.29. The van der Waals surface area contributed by atoms with Gasteiger partial charge in [-0.2, -0.15) is 0 Å². The molecule has 0 aliphatic rings. The van der Waals surface area contributed by atoms with E-state index < -0.39 is 0 Å². The zero-order chi connectivity index (χ0) is 13.8. The lowest BCUT2D eigenvalue weighted by molar-refractivity contribution is 0.918. The second-order valence-electron chi connectivity index (χ2n) is 4.07. The van der Waals surface area contributed by atoms with Gasteiger partial charge in [0.25, 0.3) is 0 Å². The van der Waals surface area contributed by atoms with E-state index in [9.17, 15) is 0 Å². The molecule has 1 aromatic carbocycles. The smallest absolute Gasteiger partial charge is 0.140 e. The van der Waals surface area contributed by atoms with Crippen LogP contribution in [0.5, 0.6) is 0 Å². The first-order valence-electron chi connectivity index (χ1n) is 6.01. The maximum absolute atomic E-state index is 6.12. The maximum atomic E-state index is 6.12.